The quantitative estimate of drug-likeness (QED) is 0.501. The molecule has 0 saturated carbocycles. The van der Waals surface area contributed by atoms with Gasteiger partial charge in [-0.05, 0) is 6.92 Å². The molecule has 0 aromatic rings. The zero-order chi connectivity index (χ0) is 10.3. The summed E-state index contributed by atoms with van der Waals surface area (Å²) in [7, 11) is 0. The van der Waals surface area contributed by atoms with Crippen molar-refractivity contribution in [2.75, 3.05) is 0 Å². The van der Waals surface area contributed by atoms with Crippen LogP contribution in [0.2, 0.25) is 0 Å². The Morgan fingerprint density at radius 1 is 1.23 bits per heavy atom. The van der Waals surface area contributed by atoms with E-state index in [0.29, 0.717) is 10.9 Å². The van der Waals surface area contributed by atoms with Crippen LogP contribution in [-0.4, -0.2) is 11.9 Å². The highest BCUT2D eigenvalue weighted by atomic mass is 16.2. The van der Waals surface area contributed by atoms with Crippen molar-refractivity contribution >= 4 is 6.92 Å². The molecule has 0 aliphatic heterocycles. The molecule has 0 heterocycles. The lowest BCUT2D eigenvalue weighted by molar-refractivity contribution is 0.593. The van der Waals surface area contributed by atoms with Crippen molar-refractivity contribution in [3.05, 3.63) is 61.1 Å². The highest BCUT2D eigenvalue weighted by Gasteiger charge is 2.14. The van der Waals surface area contributed by atoms with Crippen LogP contribution in [0.5, 0.6) is 0 Å². The Labute approximate surface area is 80.6 Å². The van der Waals surface area contributed by atoms with Gasteiger partial charge in [-0.1, -0.05) is 47.9 Å². The van der Waals surface area contributed by atoms with Gasteiger partial charge in [0.05, 0.1) is 0 Å². The predicted octanol–water partition coefficient (Wildman–Crippen LogP) is 2.48. The highest BCUT2D eigenvalue weighted by molar-refractivity contribution is 6.68. The lowest BCUT2D eigenvalue weighted by Crippen LogP contribution is -2.16. The summed E-state index contributed by atoms with van der Waals surface area (Å²) in [6, 6.07) is 0. The maximum Gasteiger partial charge on any atom is 0.357 e. The Bertz CT molecular complexity index is 261. The van der Waals surface area contributed by atoms with Crippen LogP contribution < -0.4 is 0 Å². The van der Waals surface area contributed by atoms with E-state index < -0.39 is 6.92 Å². The molecular formula is C11H15BO. The topological polar surface area (TPSA) is 20.2 Å². The highest BCUT2D eigenvalue weighted by Crippen LogP contribution is 2.07. The molecule has 0 saturated heterocycles. The molecule has 13 heavy (non-hydrogen) atoms. The molecule has 0 amide bonds. The van der Waals surface area contributed by atoms with Crippen LogP contribution in [0, 0.1) is 0 Å². The second kappa shape index (κ2) is 6.26. The molecule has 1 N–H and O–H groups in total. The van der Waals surface area contributed by atoms with E-state index in [1.807, 2.05) is 13.0 Å². The van der Waals surface area contributed by atoms with Crippen molar-refractivity contribution in [1.82, 2.24) is 0 Å². The zero-order valence-corrected chi connectivity index (χ0v) is 8.03. The summed E-state index contributed by atoms with van der Waals surface area (Å²) in [5.41, 5.74) is 1.25. The van der Waals surface area contributed by atoms with Gasteiger partial charge in [-0.25, -0.2) is 0 Å². The summed E-state index contributed by atoms with van der Waals surface area (Å²) in [6.07, 6.45) is 8.67. The molecule has 0 unspecified atom stereocenters. The van der Waals surface area contributed by atoms with E-state index in [1.165, 1.54) is 0 Å². The van der Waals surface area contributed by atoms with E-state index in [2.05, 4.69) is 19.7 Å². The number of hydrogen-bond acceptors (Lipinski definition) is 1. The molecule has 1 nitrogen and oxygen atoms in total. The molecule has 0 bridgehead atoms. The molecule has 0 rings (SSSR count). The third-order valence-corrected chi connectivity index (χ3v) is 1.53. The first-order valence-electron chi connectivity index (χ1n) is 4.11. The van der Waals surface area contributed by atoms with E-state index in [9.17, 15) is 5.02 Å². The van der Waals surface area contributed by atoms with Crippen LogP contribution in [0.3, 0.4) is 0 Å². The van der Waals surface area contributed by atoms with E-state index in [0.717, 1.165) is 0 Å². The van der Waals surface area contributed by atoms with Crippen molar-refractivity contribution in [3.63, 3.8) is 0 Å². The molecule has 0 aliphatic carbocycles. The third-order valence-electron chi connectivity index (χ3n) is 1.53. The van der Waals surface area contributed by atoms with Crippen LogP contribution in [-0.2, 0) is 0 Å². The Kier molecular flexibility index (Phi) is 5.65. The van der Waals surface area contributed by atoms with E-state index in [-0.39, 0.29) is 0 Å². The Morgan fingerprint density at radius 3 is 2.23 bits per heavy atom. The van der Waals surface area contributed by atoms with Crippen LogP contribution in [0.15, 0.2) is 61.1 Å². The van der Waals surface area contributed by atoms with Crippen LogP contribution in [0.25, 0.3) is 0 Å². The summed E-state index contributed by atoms with van der Waals surface area (Å²) in [5, 5.41) is 9.61. The van der Waals surface area contributed by atoms with Gasteiger partial charge in [0.2, 0.25) is 0 Å². The summed E-state index contributed by atoms with van der Waals surface area (Å²) in [4.78, 5) is 0. The molecular weight excluding hydrogens is 159 g/mol. The van der Waals surface area contributed by atoms with E-state index >= 15 is 0 Å². The van der Waals surface area contributed by atoms with Gasteiger partial charge in [-0.3, -0.25) is 0 Å². The first-order chi connectivity index (χ1) is 6.13. The van der Waals surface area contributed by atoms with Crippen molar-refractivity contribution in [2.24, 2.45) is 0 Å². The van der Waals surface area contributed by atoms with Crippen molar-refractivity contribution in [3.8, 4) is 0 Å². The summed E-state index contributed by atoms with van der Waals surface area (Å²) >= 11 is 0. The van der Waals surface area contributed by atoms with E-state index in [1.54, 1.807) is 24.3 Å². The van der Waals surface area contributed by atoms with Gasteiger partial charge in [0, 0.05) is 0 Å². The zero-order valence-electron chi connectivity index (χ0n) is 8.03. The third kappa shape index (κ3) is 4.33. The van der Waals surface area contributed by atoms with Gasteiger partial charge in [0.25, 0.3) is 0 Å². The Morgan fingerprint density at radius 2 is 1.77 bits per heavy atom. The first-order valence-corrected chi connectivity index (χ1v) is 4.11. The summed E-state index contributed by atoms with van der Waals surface area (Å²) in [5.74, 6) is 0. The minimum atomic E-state index is -0.701. The fraction of sp³-hybridized carbons (Fsp3) is 0.0909. The average Bonchev–Trinajstić information content (AvgIpc) is 2.13. The second-order valence-electron chi connectivity index (χ2n) is 2.65. The summed E-state index contributed by atoms with van der Waals surface area (Å²) in [6.45, 7) is 12.1. The van der Waals surface area contributed by atoms with Crippen LogP contribution >= 0.6 is 0 Å². The van der Waals surface area contributed by atoms with Crippen molar-refractivity contribution in [1.29, 1.82) is 0 Å². The van der Waals surface area contributed by atoms with Crippen molar-refractivity contribution < 1.29 is 5.02 Å². The average molecular weight is 174 g/mol. The smallest absolute Gasteiger partial charge is 0.357 e. The van der Waals surface area contributed by atoms with Crippen LogP contribution in [0.4, 0.5) is 0 Å². The number of hydrogen-bond donors (Lipinski definition) is 1. The maximum atomic E-state index is 9.61. The minimum absolute atomic E-state index is 0.614. The summed E-state index contributed by atoms with van der Waals surface area (Å²) < 4.78 is 0. The fourth-order valence-electron chi connectivity index (χ4n) is 0.826. The largest absolute Gasteiger partial charge is 0.443 e. The normalized spacial score (nSPS) is 10.6. The molecule has 0 radical (unpaired) electrons. The molecule has 0 aromatic heterocycles. The van der Waals surface area contributed by atoms with Gasteiger partial charge in [-0.2, -0.15) is 0 Å². The van der Waals surface area contributed by atoms with Gasteiger partial charge in [0.15, 0.2) is 0 Å². The molecule has 0 aliphatic rings. The van der Waals surface area contributed by atoms with Gasteiger partial charge in [0.1, 0.15) is 0 Å². The molecule has 0 aromatic carbocycles. The standard InChI is InChI=1S/C11H15BO/c1-5-7-9-11(4)12(13)10(3)8-6-2/h5-9,13H,1,3-4H2,2H3/b8-6-,9-7-. The minimum Gasteiger partial charge on any atom is -0.443 e. The second-order valence-corrected chi connectivity index (χ2v) is 2.65. The predicted molar refractivity (Wildman–Crippen MR) is 60.4 cm³/mol. The molecule has 68 valence electrons. The monoisotopic (exact) mass is 174 g/mol. The van der Waals surface area contributed by atoms with Gasteiger partial charge < -0.3 is 5.02 Å². The van der Waals surface area contributed by atoms with Gasteiger partial charge in [-0.15, -0.1) is 13.2 Å². The fourth-order valence-corrected chi connectivity index (χ4v) is 0.826. The first kappa shape index (κ1) is 11.7. The molecule has 2 heteroatoms. The Hall–Kier alpha value is -1.28. The Balaban J connectivity index is 4.33. The van der Waals surface area contributed by atoms with E-state index in [4.69, 9.17) is 0 Å². The number of allylic oxidation sites excluding steroid dienone is 7. The van der Waals surface area contributed by atoms with Crippen molar-refractivity contribution in [2.45, 2.75) is 6.92 Å². The SMILES string of the molecule is C=C/C=C\C(=C)B(O)C(=C)/C=C\C. The molecule has 0 fully saturated rings. The molecule has 0 spiro atoms. The number of rotatable bonds is 5. The maximum absolute atomic E-state index is 9.61. The lowest BCUT2D eigenvalue weighted by atomic mass is 9.55. The molecule has 0 atom stereocenters. The van der Waals surface area contributed by atoms with Gasteiger partial charge >= 0.3 is 6.92 Å². The lowest BCUT2D eigenvalue weighted by Gasteiger charge is -2.05. The van der Waals surface area contributed by atoms with Crippen LogP contribution in [0.1, 0.15) is 6.92 Å².